The molecule has 0 atom stereocenters. The SMILES string of the molecule is Cc1ccc(CN2CCN(CCCCl)CC2)cc1. The number of hydrogen-bond acceptors (Lipinski definition) is 2. The minimum atomic E-state index is 0.781. The first kappa shape index (κ1) is 13.9. The van der Waals surface area contributed by atoms with E-state index >= 15 is 0 Å². The maximum atomic E-state index is 5.73. The summed E-state index contributed by atoms with van der Waals surface area (Å²) in [7, 11) is 0. The maximum Gasteiger partial charge on any atom is 0.0235 e. The Balaban J connectivity index is 1.74. The predicted molar refractivity (Wildman–Crippen MR) is 78.2 cm³/mol. The molecule has 0 aliphatic carbocycles. The second-order valence-corrected chi connectivity index (χ2v) is 5.52. The van der Waals surface area contributed by atoms with E-state index in [1.54, 1.807) is 0 Å². The molecule has 18 heavy (non-hydrogen) atoms. The Hall–Kier alpha value is -0.570. The van der Waals surface area contributed by atoms with Gasteiger partial charge in [-0.25, -0.2) is 0 Å². The van der Waals surface area contributed by atoms with Crippen molar-refractivity contribution < 1.29 is 0 Å². The van der Waals surface area contributed by atoms with Gasteiger partial charge in [-0.2, -0.15) is 0 Å². The number of aryl methyl sites for hydroxylation is 1. The fraction of sp³-hybridized carbons (Fsp3) is 0.600. The maximum absolute atomic E-state index is 5.73. The fourth-order valence-corrected chi connectivity index (χ4v) is 2.53. The number of hydrogen-bond donors (Lipinski definition) is 0. The molecule has 0 radical (unpaired) electrons. The molecule has 0 amide bonds. The van der Waals surface area contributed by atoms with Crippen LogP contribution in [0.2, 0.25) is 0 Å². The van der Waals surface area contributed by atoms with E-state index in [2.05, 4.69) is 41.0 Å². The number of alkyl halides is 1. The summed E-state index contributed by atoms with van der Waals surface area (Å²) in [5.74, 6) is 0.781. The quantitative estimate of drug-likeness (QED) is 0.757. The molecular weight excluding hydrogens is 244 g/mol. The van der Waals surface area contributed by atoms with Gasteiger partial charge in [0.15, 0.2) is 0 Å². The summed E-state index contributed by atoms with van der Waals surface area (Å²) >= 11 is 5.73. The van der Waals surface area contributed by atoms with Gasteiger partial charge in [0.2, 0.25) is 0 Å². The Kier molecular flexibility index (Phi) is 5.48. The van der Waals surface area contributed by atoms with Crippen LogP contribution in [0.1, 0.15) is 17.5 Å². The van der Waals surface area contributed by atoms with Gasteiger partial charge in [0.25, 0.3) is 0 Å². The lowest BCUT2D eigenvalue weighted by Gasteiger charge is -2.34. The number of halogens is 1. The summed E-state index contributed by atoms with van der Waals surface area (Å²) in [5, 5.41) is 0. The zero-order valence-corrected chi connectivity index (χ0v) is 12.0. The van der Waals surface area contributed by atoms with E-state index in [1.807, 2.05) is 0 Å². The highest BCUT2D eigenvalue weighted by Crippen LogP contribution is 2.10. The standard InChI is InChI=1S/C15H23ClN2/c1-14-3-5-15(6-4-14)13-18-11-9-17(10-12-18)8-2-7-16/h3-6H,2,7-13H2,1H3. The van der Waals surface area contributed by atoms with Gasteiger partial charge in [-0.3, -0.25) is 4.90 Å². The van der Waals surface area contributed by atoms with Crippen molar-refractivity contribution in [1.29, 1.82) is 0 Å². The van der Waals surface area contributed by atoms with Gasteiger partial charge in [0, 0.05) is 38.6 Å². The predicted octanol–water partition coefficient (Wildman–Crippen LogP) is 2.74. The van der Waals surface area contributed by atoms with Crippen molar-refractivity contribution in [2.24, 2.45) is 0 Å². The highest BCUT2D eigenvalue weighted by Gasteiger charge is 2.16. The van der Waals surface area contributed by atoms with Crippen LogP contribution in [0, 0.1) is 6.92 Å². The largest absolute Gasteiger partial charge is 0.301 e. The second-order valence-electron chi connectivity index (χ2n) is 5.15. The van der Waals surface area contributed by atoms with Gasteiger partial charge in [0.05, 0.1) is 0 Å². The molecule has 2 rings (SSSR count). The molecule has 100 valence electrons. The zero-order chi connectivity index (χ0) is 12.8. The average molecular weight is 267 g/mol. The normalized spacial score (nSPS) is 18.1. The summed E-state index contributed by atoms with van der Waals surface area (Å²) in [6, 6.07) is 8.89. The molecule has 0 unspecified atom stereocenters. The molecule has 0 aromatic heterocycles. The van der Waals surface area contributed by atoms with E-state index in [1.165, 1.54) is 37.3 Å². The van der Waals surface area contributed by atoms with Crippen molar-refractivity contribution >= 4 is 11.6 Å². The molecule has 1 aliphatic rings. The van der Waals surface area contributed by atoms with E-state index < -0.39 is 0 Å². The Morgan fingerprint density at radius 2 is 1.61 bits per heavy atom. The lowest BCUT2D eigenvalue weighted by Crippen LogP contribution is -2.46. The molecule has 2 nitrogen and oxygen atoms in total. The number of piperazine rings is 1. The van der Waals surface area contributed by atoms with Crippen LogP contribution in [0.15, 0.2) is 24.3 Å². The van der Waals surface area contributed by atoms with Crippen molar-refractivity contribution in [3.63, 3.8) is 0 Å². The van der Waals surface area contributed by atoms with E-state index in [-0.39, 0.29) is 0 Å². The Labute approximate surface area is 116 Å². The van der Waals surface area contributed by atoms with E-state index in [9.17, 15) is 0 Å². The zero-order valence-electron chi connectivity index (χ0n) is 11.2. The van der Waals surface area contributed by atoms with Gasteiger partial charge in [0.1, 0.15) is 0 Å². The molecule has 1 aromatic carbocycles. The third-order valence-electron chi connectivity index (χ3n) is 3.60. The van der Waals surface area contributed by atoms with E-state index in [4.69, 9.17) is 11.6 Å². The molecule has 1 saturated heterocycles. The summed E-state index contributed by atoms with van der Waals surface area (Å²) in [6.45, 7) is 9.10. The molecular formula is C15H23ClN2. The second kappa shape index (κ2) is 7.13. The Morgan fingerprint density at radius 1 is 1.00 bits per heavy atom. The van der Waals surface area contributed by atoms with Crippen LogP contribution in [0.3, 0.4) is 0 Å². The molecule has 0 N–H and O–H groups in total. The summed E-state index contributed by atoms with van der Waals surface area (Å²) in [6.07, 6.45) is 1.11. The number of benzene rings is 1. The molecule has 0 bridgehead atoms. The first-order valence-electron chi connectivity index (χ1n) is 6.84. The molecule has 0 saturated carbocycles. The monoisotopic (exact) mass is 266 g/mol. The minimum Gasteiger partial charge on any atom is -0.301 e. The summed E-state index contributed by atoms with van der Waals surface area (Å²) in [5.41, 5.74) is 2.76. The first-order chi connectivity index (χ1) is 8.78. The molecule has 1 aliphatic heterocycles. The Bertz CT molecular complexity index is 342. The van der Waals surface area contributed by atoms with Crippen molar-refractivity contribution in [2.45, 2.75) is 19.9 Å². The summed E-state index contributed by atoms with van der Waals surface area (Å²) < 4.78 is 0. The third kappa shape index (κ3) is 4.27. The smallest absolute Gasteiger partial charge is 0.0235 e. The number of nitrogens with zero attached hydrogens (tertiary/aromatic N) is 2. The van der Waals surface area contributed by atoms with Crippen LogP contribution in [0.5, 0.6) is 0 Å². The molecule has 3 heteroatoms. The van der Waals surface area contributed by atoms with Crippen LogP contribution in [0.4, 0.5) is 0 Å². The van der Waals surface area contributed by atoms with Gasteiger partial charge in [-0.15, -0.1) is 11.6 Å². The van der Waals surface area contributed by atoms with Gasteiger partial charge >= 0.3 is 0 Å². The number of rotatable bonds is 5. The van der Waals surface area contributed by atoms with Gasteiger partial charge in [-0.05, 0) is 25.5 Å². The van der Waals surface area contributed by atoms with Gasteiger partial charge < -0.3 is 4.90 Å². The van der Waals surface area contributed by atoms with Crippen LogP contribution < -0.4 is 0 Å². The fourth-order valence-electron chi connectivity index (χ4n) is 2.41. The Morgan fingerprint density at radius 3 is 2.22 bits per heavy atom. The van der Waals surface area contributed by atoms with Crippen LogP contribution in [0.25, 0.3) is 0 Å². The topological polar surface area (TPSA) is 6.48 Å². The van der Waals surface area contributed by atoms with Crippen molar-refractivity contribution in [3.8, 4) is 0 Å². The average Bonchev–Trinajstić information content (AvgIpc) is 2.41. The van der Waals surface area contributed by atoms with Crippen molar-refractivity contribution in [3.05, 3.63) is 35.4 Å². The molecule has 1 fully saturated rings. The van der Waals surface area contributed by atoms with E-state index in [0.717, 1.165) is 25.4 Å². The lowest BCUT2D eigenvalue weighted by molar-refractivity contribution is 0.127. The molecule has 0 spiro atoms. The minimum absolute atomic E-state index is 0.781. The van der Waals surface area contributed by atoms with Crippen LogP contribution in [-0.2, 0) is 6.54 Å². The van der Waals surface area contributed by atoms with Crippen molar-refractivity contribution in [2.75, 3.05) is 38.6 Å². The highest BCUT2D eigenvalue weighted by molar-refractivity contribution is 6.17. The van der Waals surface area contributed by atoms with E-state index in [0.29, 0.717) is 0 Å². The van der Waals surface area contributed by atoms with Crippen LogP contribution in [-0.4, -0.2) is 48.4 Å². The lowest BCUT2D eigenvalue weighted by atomic mass is 10.1. The van der Waals surface area contributed by atoms with Crippen molar-refractivity contribution in [1.82, 2.24) is 9.80 Å². The first-order valence-corrected chi connectivity index (χ1v) is 7.37. The van der Waals surface area contributed by atoms with Gasteiger partial charge in [-0.1, -0.05) is 29.8 Å². The molecule has 1 aromatic rings. The third-order valence-corrected chi connectivity index (χ3v) is 3.87. The van der Waals surface area contributed by atoms with Crippen LogP contribution >= 0.6 is 11.6 Å². The summed E-state index contributed by atoms with van der Waals surface area (Å²) in [4.78, 5) is 5.07. The molecule has 1 heterocycles. The highest BCUT2D eigenvalue weighted by atomic mass is 35.5.